The van der Waals surface area contributed by atoms with Crippen LogP contribution in [0.2, 0.25) is 0 Å². The fourth-order valence-electron chi connectivity index (χ4n) is 1.95. The average Bonchev–Trinajstić information content (AvgIpc) is 2.46. The van der Waals surface area contributed by atoms with Gasteiger partial charge in [-0.25, -0.2) is 0 Å². The summed E-state index contributed by atoms with van der Waals surface area (Å²) in [6.45, 7) is 14.3. The van der Waals surface area contributed by atoms with Gasteiger partial charge in [-0.05, 0) is 39.3 Å². The van der Waals surface area contributed by atoms with E-state index < -0.39 is 0 Å². The van der Waals surface area contributed by atoms with Crippen molar-refractivity contribution < 1.29 is 0 Å². The lowest BCUT2D eigenvalue weighted by Gasteiger charge is -2.24. The molecule has 1 heteroatoms. The fraction of sp³-hybridized carbons (Fsp3) is 0.550. The predicted molar refractivity (Wildman–Crippen MR) is 97.5 cm³/mol. The quantitative estimate of drug-likeness (QED) is 0.595. The van der Waals surface area contributed by atoms with Gasteiger partial charge in [-0.15, -0.1) is 0 Å². The summed E-state index contributed by atoms with van der Waals surface area (Å²) >= 11 is 0. The number of hydrogen-bond acceptors (Lipinski definition) is 1. The van der Waals surface area contributed by atoms with Gasteiger partial charge in [0.2, 0.25) is 0 Å². The third kappa shape index (κ3) is 10.2. The molecule has 0 aliphatic carbocycles. The molecule has 1 heterocycles. The summed E-state index contributed by atoms with van der Waals surface area (Å²) in [7, 11) is 2.20. The second-order valence-corrected chi connectivity index (χ2v) is 5.72. The third-order valence-corrected chi connectivity index (χ3v) is 3.08. The van der Waals surface area contributed by atoms with Crippen molar-refractivity contribution in [3.63, 3.8) is 0 Å². The minimum absolute atomic E-state index is 1.00. The second kappa shape index (κ2) is 12.5. The summed E-state index contributed by atoms with van der Waals surface area (Å²) in [4.78, 5) is 2.40. The van der Waals surface area contributed by atoms with Crippen LogP contribution in [0.4, 0.5) is 0 Å². The maximum absolute atomic E-state index is 3.49. The van der Waals surface area contributed by atoms with Gasteiger partial charge in [0.25, 0.3) is 0 Å². The highest BCUT2D eigenvalue weighted by atomic mass is 15.1. The van der Waals surface area contributed by atoms with Crippen LogP contribution in [-0.2, 0) is 0 Å². The molecule has 0 atom stereocenters. The van der Waals surface area contributed by atoms with Crippen molar-refractivity contribution in [2.45, 2.75) is 53.4 Å². The summed E-state index contributed by atoms with van der Waals surface area (Å²) in [6.07, 6.45) is 7.06. The Balaban J connectivity index is 0.000000578. The summed E-state index contributed by atoms with van der Waals surface area (Å²) < 4.78 is 0. The Hall–Kier alpha value is -1.21. The van der Waals surface area contributed by atoms with E-state index in [0.717, 1.165) is 6.42 Å². The van der Waals surface area contributed by atoms with Gasteiger partial charge in [0, 0.05) is 13.1 Å². The summed E-state index contributed by atoms with van der Waals surface area (Å²) in [6, 6.07) is 8.78. The fourth-order valence-corrected chi connectivity index (χ4v) is 1.95. The molecule has 0 saturated carbocycles. The summed E-state index contributed by atoms with van der Waals surface area (Å²) in [5.74, 6) is 0. The first kappa shape index (κ1) is 19.8. The Bertz CT molecular complexity index is 363. The van der Waals surface area contributed by atoms with Crippen molar-refractivity contribution in [2.24, 2.45) is 0 Å². The van der Waals surface area contributed by atoms with Crippen molar-refractivity contribution in [3.8, 4) is 0 Å². The van der Waals surface area contributed by atoms with Gasteiger partial charge in [0.15, 0.2) is 0 Å². The van der Waals surface area contributed by atoms with E-state index in [9.17, 15) is 0 Å². The molecule has 118 valence electrons. The minimum Gasteiger partial charge on any atom is -0.306 e. The number of benzene rings is 1. The zero-order chi connectivity index (χ0) is 16.1. The maximum atomic E-state index is 3.49. The van der Waals surface area contributed by atoms with Gasteiger partial charge < -0.3 is 4.90 Å². The number of likely N-dealkylation sites (tertiary alicyclic amines) is 1. The monoisotopic (exact) mass is 288 g/mol. The number of aryl methyl sites for hydroxylation is 1. The molecule has 0 amide bonds. The standard InChI is InChI=1S/C14H19N.C3H8.C3H7/c1-12-3-5-13(6-4-12)11-14-7-9-15(2)10-8-14;2*1-3-2/h3-6,11H,7-10H2,1-2H3;3H2,1-2H3;1,3H2,2H3/q;;+1. The first-order valence-electron chi connectivity index (χ1n) is 8.31. The van der Waals surface area contributed by atoms with Crippen molar-refractivity contribution in [1.82, 2.24) is 4.90 Å². The first-order chi connectivity index (χ1) is 10.1. The van der Waals surface area contributed by atoms with Crippen LogP contribution in [0.15, 0.2) is 29.8 Å². The molecule has 1 nitrogen and oxygen atoms in total. The molecule has 1 aromatic rings. The molecule has 1 aliphatic rings. The lowest BCUT2D eigenvalue weighted by molar-refractivity contribution is 0.313. The highest BCUT2D eigenvalue weighted by Crippen LogP contribution is 2.18. The zero-order valence-electron chi connectivity index (χ0n) is 14.8. The van der Waals surface area contributed by atoms with Crippen molar-refractivity contribution in [3.05, 3.63) is 47.9 Å². The highest BCUT2D eigenvalue weighted by molar-refractivity contribution is 5.53. The lowest BCUT2D eigenvalue weighted by Crippen LogP contribution is -2.26. The molecule has 0 bridgehead atoms. The van der Waals surface area contributed by atoms with E-state index in [0.29, 0.717) is 0 Å². The molecule has 1 aliphatic heterocycles. The Labute approximate surface area is 133 Å². The van der Waals surface area contributed by atoms with Crippen LogP contribution in [0.3, 0.4) is 0 Å². The number of hydrogen-bond donors (Lipinski definition) is 0. The molecule has 21 heavy (non-hydrogen) atoms. The van der Waals surface area contributed by atoms with Gasteiger partial charge in [0.05, 0.1) is 13.3 Å². The van der Waals surface area contributed by atoms with Gasteiger partial charge in [-0.2, -0.15) is 0 Å². The molecular weight excluding hydrogens is 254 g/mol. The third-order valence-electron chi connectivity index (χ3n) is 3.08. The second-order valence-electron chi connectivity index (χ2n) is 5.72. The lowest BCUT2D eigenvalue weighted by atomic mass is 10.0. The largest absolute Gasteiger partial charge is 0.306 e. The topological polar surface area (TPSA) is 3.24 Å². The highest BCUT2D eigenvalue weighted by Gasteiger charge is 2.09. The summed E-state index contributed by atoms with van der Waals surface area (Å²) in [5.41, 5.74) is 4.28. The van der Waals surface area contributed by atoms with Crippen LogP contribution in [0, 0.1) is 13.8 Å². The van der Waals surface area contributed by atoms with E-state index in [1.54, 1.807) is 5.57 Å². The van der Waals surface area contributed by atoms with Gasteiger partial charge >= 0.3 is 0 Å². The molecular formula is C20H34N+. The van der Waals surface area contributed by atoms with Crippen molar-refractivity contribution in [2.75, 3.05) is 20.1 Å². The average molecular weight is 288 g/mol. The summed E-state index contributed by atoms with van der Waals surface area (Å²) in [5, 5.41) is 0. The number of nitrogens with zero attached hydrogens (tertiary/aromatic N) is 1. The number of piperidine rings is 1. The Morgan fingerprint density at radius 3 is 1.90 bits per heavy atom. The molecule has 1 fully saturated rings. The van der Waals surface area contributed by atoms with Crippen molar-refractivity contribution in [1.29, 1.82) is 0 Å². The van der Waals surface area contributed by atoms with Crippen LogP contribution in [0.5, 0.6) is 0 Å². The maximum Gasteiger partial charge on any atom is 0.0822 e. The van der Waals surface area contributed by atoms with E-state index in [1.807, 2.05) is 6.92 Å². The van der Waals surface area contributed by atoms with E-state index in [4.69, 9.17) is 0 Å². The minimum atomic E-state index is 1.00. The van der Waals surface area contributed by atoms with Gasteiger partial charge in [-0.1, -0.05) is 61.7 Å². The Kier molecular flexibility index (Phi) is 11.8. The van der Waals surface area contributed by atoms with E-state index >= 15 is 0 Å². The van der Waals surface area contributed by atoms with E-state index in [2.05, 4.69) is 70.0 Å². The van der Waals surface area contributed by atoms with E-state index in [-0.39, 0.29) is 0 Å². The molecule has 1 aromatic carbocycles. The van der Waals surface area contributed by atoms with Gasteiger partial charge in [-0.3, -0.25) is 0 Å². The Morgan fingerprint density at radius 2 is 1.48 bits per heavy atom. The number of rotatable bonds is 1. The van der Waals surface area contributed by atoms with Crippen LogP contribution in [0.1, 0.15) is 57.6 Å². The van der Waals surface area contributed by atoms with E-state index in [1.165, 1.54) is 43.5 Å². The molecule has 0 spiro atoms. The molecule has 0 radical (unpaired) electrons. The smallest absolute Gasteiger partial charge is 0.0822 e. The molecule has 0 aromatic heterocycles. The molecule has 1 saturated heterocycles. The van der Waals surface area contributed by atoms with Crippen LogP contribution in [0.25, 0.3) is 6.08 Å². The van der Waals surface area contributed by atoms with Crippen LogP contribution >= 0.6 is 0 Å². The SMILES string of the molecule is CCC.Cc1ccc(C=C2CCN(C)CC2)cc1.[CH2+]CC. The first-order valence-corrected chi connectivity index (χ1v) is 8.31. The van der Waals surface area contributed by atoms with Crippen LogP contribution < -0.4 is 0 Å². The molecule has 0 unspecified atom stereocenters. The normalized spacial score (nSPS) is 14.4. The zero-order valence-corrected chi connectivity index (χ0v) is 14.8. The van der Waals surface area contributed by atoms with Crippen LogP contribution in [-0.4, -0.2) is 25.0 Å². The Morgan fingerprint density at radius 1 is 1.05 bits per heavy atom. The molecule has 2 rings (SSSR count). The van der Waals surface area contributed by atoms with Crippen molar-refractivity contribution >= 4 is 6.08 Å². The van der Waals surface area contributed by atoms with Gasteiger partial charge in [0.1, 0.15) is 0 Å². The molecule has 0 N–H and O–H groups in total. The predicted octanol–water partition coefficient (Wildman–Crippen LogP) is 5.75.